The Labute approximate surface area is 282 Å². The Kier molecular flexibility index (Phi) is 10.0. The molecule has 47 heavy (non-hydrogen) atoms. The minimum absolute atomic E-state index is 0.0570. The Bertz CT molecular complexity index is 1680. The van der Waals surface area contributed by atoms with Gasteiger partial charge < -0.3 is 20.5 Å². The molecule has 3 aromatic rings. The van der Waals surface area contributed by atoms with E-state index in [4.69, 9.17) is 16.3 Å². The molecule has 14 heteroatoms. The van der Waals surface area contributed by atoms with E-state index in [0.29, 0.717) is 23.6 Å². The lowest BCUT2D eigenvalue weighted by Crippen LogP contribution is -2.53. The number of aromatic nitrogens is 4. The predicted molar refractivity (Wildman–Crippen MR) is 184 cm³/mol. The molecular formula is C33H47ClN8O4S. The van der Waals surface area contributed by atoms with Crippen LogP contribution in [0.5, 0.6) is 5.75 Å². The summed E-state index contributed by atoms with van der Waals surface area (Å²) in [7, 11) is -1.98. The van der Waals surface area contributed by atoms with Gasteiger partial charge in [0.15, 0.2) is 5.82 Å². The van der Waals surface area contributed by atoms with Gasteiger partial charge in [0.25, 0.3) is 0 Å². The second-order valence-electron chi connectivity index (χ2n) is 13.5. The lowest BCUT2D eigenvalue weighted by Gasteiger charge is -2.43. The van der Waals surface area contributed by atoms with Gasteiger partial charge in [0.1, 0.15) is 17.0 Å². The topological polar surface area (TPSA) is 138 Å². The average molecular weight is 687 g/mol. The summed E-state index contributed by atoms with van der Waals surface area (Å²) < 4.78 is 33.8. The minimum atomic E-state index is -3.65. The summed E-state index contributed by atoms with van der Waals surface area (Å²) in [5.74, 6) is 1.83. The molecule has 0 spiro atoms. The van der Waals surface area contributed by atoms with Gasteiger partial charge in [-0.25, -0.2) is 13.4 Å². The molecule has 2 saturated carbocycles. The van der Waals surface area contributed by atoms with Crippen molar-refractivity contribution in [1.82, 2.24) is 29.5 Å². The first-order valence-electron chi connectivity index (χ1n) is 16.7. The summed E-state index contributed by atoms with van der Waals surface area (Å²) in [5, 5.41) is 20.1. The molecule has 0 radical (unpaired) electrons. The van der Waals surface area contributed by atoms with E-state index in [1.165, 1.54) is 34.8 Å². The number of aliphatic hydroxyl groups is 1. The Hall–Kier alpha value is -2.97. The third-order valence-electron chi connectivity index (χ3n) is 9.65. The highest BCUT2D eigenvalue weighted by molar-refractivity contribution is 7.92. The van der Waals surface area contributed by atoms with Gasteiger partial charge in [-0.05, 0) is 95.4 Å². The van der Waals surface area contributed by atoms with Crippen LogP contribution in [0.25, 0.3) is 0 Å². The molecule has 0 amide bonds. The second-order valence-corrected chi connectivity index (χ2v) is 16.3. The smallest absolute Gasteiger partial charge is 0.229 e. The van der Waals surface area contributed by atoms with Crippen molar-refractivity contribution in [3.05, 3.63) is 40.7 Å². The van der Waals surface area contributed by atoms with E-state index in [1.54, 1.807) is 27.1 Å². The van der Waals surface area contributed by atoms with Gasteiger partial charge in [0, 0.05) is 45.5 Å². The van der Waals surface area contributed by atoms with Crippen LogP contribution >= 0.6 is 11.6 Å². The van der Waals surface area contributed by atoms with Crippen molar-refractivity contribution < 1.29 is 18.3 Å². The van der Waals surface area contributed by atoms with Gasteiger partial charge in [0.05, 0.1) is 28.9 Å². The van der Waals surface area contributed by atoms with Crippen LogP contribution in [0.1, 0.15) is 76.3 Å². The molecule has 1 aromatic carbocycles. The summed E-state index contributed by atoms with van der Waals surface area (Å²) in [4.78, 5) is 13.8. The van der Waals surface area contributed by atoms with Crippen molar-refractivity contribution in [3.8, 4) is 5.75 Å². The third kappa shape index (κ3) is 7.69. The summed E-state index contributed by atoms with van der Waals surface area (Å²) in [6.07, 6.45) is 9.59. The maximum atomic E-state index is 13.0. The Morgan fingerprint density at radius 1 is 1.00 bits per heavy atom. The molecule has 2 aliphatic carbocycles. The minimum Gasteiger partial charge on any atom is -0.488 e. The first-order chi connectivity index (χ1) is 22.4. The fourth-order valence-corrected chi connectivity index (χ4v) is 7.92. The molecule has 1 atom stereocenters. The lowest BCUT2D eigenvalue weighted by molar-refractivity contribution is -0.0248. The molecule has 1 aliphatic heterocycles. The Balaban J connectivity index is 1.18. The number of aliphatic hydroxyl groups excluding tert-OH is 1. The third-order valence-corrected chi connectivity index (χ3v) is 12.0. The largest absolute Gasteiger partial charge is 0.488 e. The van der Waals surface area contributed by atoms with Crippen molar-refractivity contribution in [2.24, 2.45) is 7.05 Å². The molecule has 1 unspecified atom stereocenters. The van der Waals surface area contributed by atoms with Crippen LogP contribution in [0, 0.1) is 6.92 Å². The molecule has 256 valence electrons. The van der Waals surface area contributed by atoms with E-state index >= 15 is 0 Å². The Morgan fingerprint density at radius 3 is 2.34 bits per heavy atom. The molecule has 3 heterocycles. The summed E-state index contributed by atoms with van der Waals surface area (Å²) in [6.45, 7) is 11.1. The van der Waals surface area contributed by atoms with Gasteiger partial charge in [-0.15, -0.1) is 0 Å². The van der Waals surface area contributed by atoms with Gasteiger partial charge in [-0.2, -0.15) is 10.1 Å². The number of rotatable bonds is 11. The van der Waals surface area contributed by atoms with Crippen LogP contribution in [0.4, 0.5) is 23.1 Å². The number of nitrogens with one attached hydrogen (secondary N) is 2. The number of halogens is 1. The SMILES string of the molecule is Cc1cc(Nc2ncc(Cl)c(Nc3cn(C)nc3S(=O)(=O)C(C)C)n2)c(OC2CC2)cc1[C@H]1CC[C@@H](N2CCN(C(C)O)CC2)CC1. The zero-order valence-electron chi connectivity index (χ0n) is 27.9. The first kappa shape index (κ1) is 33.9. The number of piperazine rings is 1. The van der Waals surface area contributed by atoms with Crippen LogP contribution in [0.2, 0.25) is 5.02 Å². The van der Waals surface area contributed by atoms with Gasteiger partial charge in [0.2, 0.25) is 20.8 Å². The molecule has 1 saturated heterocycles. The zero-order chi connectivity index (χ0) is 33.5. The van der Waals surface area contributed by atoms with Crippen LogP contribution in [0.3, 0.4) is 0 Å². The maximum absolute atomic E-state index is 13.0. The van der Waals surface area contributed by atoms with Gasteiger partial charge in [-0.1, -0.05) is 11.6 Å². The Morgan fingerprint density at radius 2 is 1.70 bits per heavy atom. The number of sulfone groups is 1. The molecule has 3 fully saturated rings. The van der Waals surface area contributed by atoms with E-state index in [1.807, 2.05) is 6.92 Å². The standard InChI is InChI=1S/C33H47ClN8O4S/c1-20(2)47(44,45)32-29(19-40(5)39-32)36-31-27(34)18-35-33(38-31)37-28-16-21(3)26(17-30(28)46-25-10-11-25)23-6-8-24(9-7-23)42-14-12-41(13-15-42)22(4)43/h16-20,22-25,43H,6-15H2,1-5H3,(H2,35,36,37,38)/t22?,23-,24+. The molecular weight excluding hydrogens is 640 g/mol. The van der Waals surface area contributed by atoms with E-state index in [-0.39, 0.29) is 28.2 Å². The number of hydrogen-bond donors (Lipinski definition) is 3. The predicted octanol–water partition coefficient (Wildman–Crippen LogP) is 5.36. The van der Waals surface area contributed by atoms with E-state index in [9.17, 15) is 13.5 Å². The van der Waals surface area contributed by atoms with Crippen molar-refractivity contribution in [1.29, 1.82) is 0 Å². The number of aryl methyl sites for hydroxylation is 2. The fraction of sp³-hybridized carbons (Fsp3) is 0.606. The monoisotopic (exact) mass is 686 g/mol. The van der Waals surface area contributed by atoms with Crippen molar-refractivity contribution in [2.45, 2.75) is 101 Å². The number of ether oxygens (including phenoxy) is 1. The quantitative estimate of drug-likeness (QED) is 0.240. The van der Waals surface area contributed by atoms with Crippen molar-refractivity contribution in [2.75, 3.05) is 36.8 Å². The normalized spacial score (nSPS) is 22.0. The van der Waals surface area contributed by atoms with Crippen LogP contribution < -0.4 is 15.4 Å². The molecule has 3 aliphatic rings. The molecule has 3 N–H and O–H groups in total. The summed E-state index contributed by atoms with van der Waals surface area (Å²) >= 11 is 6.47. The average Bonchev–Trinajstić information content (AvgIpc) is 3.78. The van der Waals surface area contributed by atoms with Crippen LogP contribution in [0.15, 0.2) is 29.6 Å². The molecule has 2 aromatic heterocycles. The summed E-state index contributed by atoms with van der Waals surface area (Å²) in [6, 6.07) is 4.92. The van der Waals surface area contributed by atoms with Crippen molar-refractivity contribution >= 4 is 44.6 Å². The highest BCUT2D eigenvalue weighted by Gasteiger charge is 2.32. The number of benzene rings is 1. The maximum Gasteiger partial charge on any atom is 0.229 e. The van der Waals surface area contributed by atoms with Crippen LogP contribution in [-0.2, 0) is 16.9 Å². The summed E-state index contributed by atoms with van der Waals surface area (Å²) in [5.41, 5.74) is 3.59. The molecule has 0 bridgehead atoms. The van der Waals surface area contributed by atoms with Crippen molar-refractivity contribution in [3.63, 3.8) is 0 Å². The van der Waals surface area contributed by atoms with Gasteiger partial charge in [-0.3, -0.25) is 14.5 Å². The number of anilines is 4. The molecule has 12 nitrogen and oxygen atoms in total. The van der Waals surface area contributed by atoms with E-state index < -0.39 is 15.1 Å². The van der Waals surface area contributed by atoms with E-state index in [0.717, 1.165) is 63.3 Å². The second kappa shape index (κ2) is 13.9. The number of hydrogen-bond acceptors (Lipinski definition) is 11. The van der Waals surface area contributed by atoms with Gasteiger partial charge >= 0.3 is 0 Å². The highest BCUT2D eigenvalue weighted by Crippen LogP contribution is 2.42. The number of nitrogens with zero attached hydrogens (tertiary/aromatic N) is 6. The van der Waals surface area contributed by atoms with E-state index in [2.05, 4.69) is 54.6 Å². The molecule has 6 rings (SSSR count). The lowest BCUT2D eigenvalue weighted by atomic mass is 9.79. The van der Waals surface area contributed by atoms with Crippen LogP contribution in [-0.4, -0.2) is 92.9 Å². The zero-order valence-corrected chi connectivity index (χ0v) is 29.5. The first-order valence-corrected chi connectivity index (χ1v) is 18.6. The fourth-order valence-electron chi connectivity index (χ4n) is 6.68. The highest BCUT2D eigenvalue weighted by atomic mass is 35.5.